The number of esters is 1. The number of likely N-dealkylation sites (N-methyl/N-ethyl adjacent to an activating group) is 1. The Morgan fingerprint density at radius 2 is 1.87 bits per heavy atom. The van der Waals surface area contributed by atoms with Gasteiger partial charge < -0.3 is 33.9 Å². The zero-order valence-electron chi connectivity index (χ0n) is 40.9. The maximum Gasteiger partial charge on any atom is 0.410 e. The van der Waals surface area contributed by atoms with Gasteiger partial charge in [0.15, 0.2) is 0 Å². The number of amides is 4. The molecule has 3 aliphatic heterocycles. The predicted molar refractivity (Wildman–Crippen MR) is 257 cm³/mol. The number of hydrogen-bond donors (Lipinski definition) is 2. The fourth-order valence-electron chi connectivity index (χ4n) is 9.63. The molecule has 4 amide bonds. The lowest BCUT2D eigenvalue weighted by molar-refractivity contribution is -0.155. The molecule has 4 aromatic rings. The molecule has 0 radical (unpaired) electrons. The number of thiazole rings is 1. The smallest absolute Gasteiger partial charge is 0.410 e. The zero-order chi connectivity index (χ0) is 48.5. The number of hydrazine groups is 1. The Kier molecular flexibility index (Phi) is 14.8. The number of aryl methyl sites for hydroxylation is 1. The summed E-state index contributed by atoms with van der Waals surface area (Å²) in [5.74, 6) is -2.50. The first kappa shape index (κ1) is 49.5. The summed E-state index contributed by atoms with van der Waals surface area (Å²) in [6.07, 6.45) is 3.12. The van der Waals surface area contributed by atoms with Gasteiger partial charge in [-0.25, -0.2) is 15.2 Å². The van der Waals surface area contributed by atoms with Gasteiger partial charge in [-0.15, -0.1) is 11.3 Å². The van der Waals surface area contributed by atoms with Crippen molar-refractivity contribution in [2.75, 3.05) is 40.4 Å². The number of pyridine rings is 1. The Hall–Kier alpha value is -5.39. The molecule has 0 unspecified atom stereocenters. The molecule has 2 fully saturated rings. The van der Waals surface area contributed by atoms with Gasteiger partial charge in [0, 0.05) is 85.8 Å². The number of ether oxygens (including phenoxy) is 3. The maximum atomic E-state index is 14.7. The molecule has 0 saturated carbocycles. The fourth-order valence-corrected chi connectivity index (χ4v) is 10.5. The molecule has 67 heavy (non-hydrogen) atoms. The number of fused-ring (bicyclic) bond motifs is 6. The summed E-state index contributed by atoms with van der Waals surface area (Å²) in [5.41, 5.74) is 8.56. The third-order valence-corrected chi connectivity index (χ3v) is 13.9. The van der Waals surface area contributed by atoms with E-state index >= 15 is 0 Å². The third kappa shape index (κ3) is 10.8. The van der Waals surface area contributed by atoms with Crippen molar-refractivity contribution < 1.29 is 38.2 Å². The summed E-state index contributed by atoms with van der Waals surface area (Å²) in [6.45, 7) is 19.1. The van der Waals surface area contributed by atoms with Gasteiger partial charge in [-0.1, -0.05) is 33.8 Å². The van der Waals surface area contributed by atoms with E-state index in [0.29, 0.717) is 50.3 Å². The monoisotopic (exact) mass is 940 g/mol. The molecule has 17 heteroatoms. The van der Waals surface area contributed by atoms with Crippen LogP contribution in [0.25, 0.3) is 33.4 Å². The molecule has 2 N–H and O–H groups in total. The molecular weight excluding hydrogens is 873 g/mol. The fraction of sp³-hybridized carbons (Fsp3) is 0.580. The number of rotatable bonds is 9. The van der Waals surface area contributed by atoms with Gasteiger partial charge >= 0.3 is 12.1 Å². The number of nitrogens with zero attached hydrogens (tertiary/aromatic N) is 6. The van der Waals surface area contributed by atoms with Crippen LogP contribution in [0.3, 0.4) is 0 Å². The standard InChI is InChI=1S/C50H68N8O8S/c1-12-57-39-18-17-31-23-34(39)35(43(57)33-15-13-20-51-41(33)30(4)64-11)25-50(8,9)28-65-47(62)36-16-14-21-58(54-36)46(61)37(24-40-52-38(31)27-67-40)53-44(59)42(29(2)3)55(10)45(60)32-19-22-56(26-32)48(63)66-49(5,6)7/h13,15,17-18,20,23,27,29-30,32,36-37,42,54H,12,14,16,19,21-22,24-26,28H2,1-11H3,(H,53,59)/t30-,32+,36-,37-,42-/m0/s1. The molecule has 16 nitrogen and oxygen atoms in total. The lowest BCUT2D eigenvalue weighted by atomic mass is 9.84. The van der Waals surface area contributed by atoms with Crippen molar-refractivity contribution in [3.63, 3.8) is 0 Å². The largest absolute Gasteiger partial charge is 0.464 e. The van der Waals surface area contributed by atoms with E-state index in [-0.39, 0.29) is 37.5 Å². The average molecular weight is 941 g/mol. The van der Waals surface area contributed by atoms with Gasteiger partial charge in [-0.05, 0) is 96.0 Å². The number of carbonyl (C=O) groups is 5. The van der Waals surface area contributed by atoms with Crippen molar-refractivity contribution in [2.24, 2.45) is 17.3 Å². The molecule has 1 aromatic carbocycles. The topological polar surface area (TPSA) is 178 Å². The van der Waals surface area contributed by atoms with Crippen molar-refractivity contribution >= 4 is 52.0 Å². The second kappa shape index (κ2) is 20.1. The van der Waals surface area contributed by atoms with Gasteiger partial charge in [0.2, 0.25) is 11.8 Å². The van der Waals surface area contributed by atoms with Crippen LogP contribution < -0.4 is 10.7 Å². The molecule has 0 aliphatic carbocycles. The summed E-state index contributed by atoms with van der Waals surface area (Å²) in [6, 6.07) is 7.58. The molecule has 6 heterocycles. The van der Waals surface area contributed by atoms with E-state index in [1.54, 1.807) is 41.1 Å². The van der Waals surface area contributed by atoms with Gasteiger partial charge in [-0.2, -0.15) is 0 Å². The van der Waals surface area contributed by atoms with Crippen LogP contribution in [0.5, 0.6) is 0 Å². The van der Waals surface area contributed by atoms with Crippen LogP contribution in [0.4, 0.5) is 4.79 Å². The number of likely N-dealkylation sites (tertiary alicyclic amines) is 1. The number of nitrogens with one attached hydrogen (secondary N) is 2. The minimum atomic E-state index is -1.09. The first-order valence-corrected chi connectivity index (χ1v) is 24.4. The van der Waals surface area contributed by atoms with Crippen LogP contribution in [0.15, 0.2) is 41.9 Å². The summed E-state index contributed by atoms with van der Waals surface area (Å²) in [5, 5.41) is 8.09. The molecule has 3 aromatic heterocycles. The lowest BCUT2D eigenvalue weighted by Crippen LogP contribution is -2.62. The quantitative estimate of drug-likeness (QED) is 0.166. The number of hydrogen-bond acceptors (Lipinski definition) is 12. The van der Waals surface area contributed by atoms with Crippen LogP contribution in [-0.4, -0.2) is 123 Å². The van der Waals surface area contributed by atoms with Gasteiger partial charge in [-0.3, -0.25) is 29.2 Å². The Balaban J connectivity index is 1.24. The molecule has 2 saturated heterocycles. The normalized spacial score (nSPS) is 21.2. The lowest BCUT2D eigenvalue weighted by Gasteiger charge is -2.37. The van der Waals surface area contributed by atoms with E-state index in [1.165, 1.54) is 26.1 Å². The minimum Gasteiger partial charge on any atom is -0.464 e. The van der Waals surface area contributed by atoms with E-state index in [4.69, 9.17) is 24.2 Å². The van der Waals surface area contributed by atoms with Crippen LogP contribution in [0.1, 0.15) is 104 Å². The Labute approximate surface area is 398 Å². The average Bonchev–Trinajstić information content (AvgIpc) is 4.04. The Morgan fingerprint density at radius 3 is 2.57 bits per heavy atom. The molecule has 362 valence electrons. The van der Waals surface area contributed by atoms with Crippen LogP contribution in [0.2, 0.25) is 0 Å². The van der Waals surface area contributed by atoms with E-state index in [0.717, 1.165) is 44.7 Å². The SMILES string of the molecule is CCn1c(-c2cccnc2[C@H](C)OC)c2c3cc(ccc31)-c1csc(n1)C[C@H](NC(=O)[C@H](C(C)C)N(C)C(=O)[C@@H]1CCN(C(=O)OC(C)(C)C)C1)C(=O)N1CCC[C@H](N1)C(=O)OCC(C)(C)C2. The highest BCUT2D eigenvalue weighted by Crippen LogP contribution is 2.42. The Bertz CT molecular complexity index is 2490. The first-order valence-electron chi connectivity index (χ1n) is 23.6. The molecule has 7 rings (SSSR count). The number of aromatic nitrogens is 3. The molecule has 6 bridgehead atoms. The van der Waals surface area contributed by atoms with Crippen LogP contribution in [-0.2, 0) is 52.8 Å². The zero-order valence-corrected chi connectivity index (χ0v) is 41.8. The van der Waals surface area contributed by atoms with Crippen molar-refractivity contribution in [1.29, 1.82) is 0 Å². The Morgan fingerprint density at radius 1 is 1.10 bits per heavy atom. The predicted octanol–water partition coefficient (Wildman–Crippen LogP) is 6.94. The molecule has 0 spiro atoms. The van der Waals surface area contributed by atoms with E-state index in [9.17, 15) is 24.0 Å². The van der Waals surface area contributed by atoms with Gasteiger partial charge in [0.1, 0.15) is 23.7 Å². The number of benzene rings is 1. The van der Waals surface area contributed by atoms with Crippen molar-refractivity contribution in [1.82, 2.24) is 40.1 Å². The van der Waals surface area contributed by atoms with Gasteiger partial charge in [0.25, 0.3) is 5.91 Å². The second-order valence-corrected chi connectivity index (χ2v) is 21.3. The van der Waals surface area contributed by atoms with E-state index in [2.05, 4.69) is 60.3 Å². The number of carbonyl (C=O) groups excluding carboxylic acids is 5. The summed E-state index contributed by atoms with van der Waals surface area (Å²) in [7, 11) is 3.28. The maximum absolute atomic E-state index is 14.7. The number of cyclic esters (lactones) is 1. The van der Waals surface area contributed by atoms with E-state index < -0.39 is 58.9 Å². The highest BCUT2D eigenvalue weighted by molar-refractivity contribution is 7.10. The highest BCUT2D eigenvalue weighted by atomic mass is 32.1. The summed E-state index contributed by atoms with van der Waals surface area (Å²) in [4.78, 5) is 82.8. The van der Waals surface area contributed by atoms with Crippen molar-refractivity contribution in [2.45, 2.75) is 131 Å². The second-order valence-electron chi connectivity index (χ2n) is 20.3. The first-order chi connectivity index (χ1) is 31.7. The minimum absolute atomic E-state index is 0.0675. The molecular formula is C50H68N8O8S. The molecule has 3 aliphatic rings. The van der Waals surface area contributed by atoms with Crippen molar-refractivity contribution in [3.8, 4) is 22.5 Å². The number of methoxy groups -OCH3 is 1. The van der Waals surface area contributed by atoms with Crippen LogP contribution >= 0.6 is 11.3 Å². The van der Waals surface area contributed by atoms with E-state index in [1.807, 2.05) is 32.2 Å². The molecule has 5 atom stereocenters. The third-order valence-electron chi connectivity index (χ3n) is 13.0. The van der Waals surface area contributed by atoms with Crippen LogP contribution in [0, 0.1) is 17.3 Å². The highest BCUT2D eigenvalue weighted by Gasteiger charge is 2.41. The van der Waals surface area contributed by atoms with Crippen molar-refractivity contribution in [3.05, 3.63) is 58.2 Å². The summed E-state index contributed by atoms with van der Waals surface area (Å²) >= 11 is 1.40. The van der Waals surface area contributed by atoms with Gasteiger partial charge in [0.05, 0.1) is 40.7 Å². The summed E-state index contributed by atoms with van der Waals surface area (Å²) < 4.78 is 19.8.